The molecule has 0 aromatic rings. The van der Waals surface area contributed by atoms with Gasteiger partial charge in [0.05, 0.1) is 0 Å². The Bertz CT molecular complexity index is 200. The van der Waals surface area contributed by atoms with Crippen LogP contribution in [-0.4, -0.2) is 31.7 Å². The zero-order valence-corrected chi connectivity index (χ0v) is 20.1. The Kier molecular flexibility index (Phi) is 20.0. The van der Waals surface area contributed by atoms with Gasteiger partial charge in [0, 0.05) is 12.2 Å². The highest BCUT2D eigenvalue weighted by Gasteiger charge is 2.09. The number of hydrogen-bond donors (Lipinski definition) is 0. The molecule has 0 aromatic heterocycles. The molecule has 4 heteroatoms. The van der Waals surface area contributed by atoms with Crippen LogP contribution in [0.1, 0.15) is 105 Å². The van der Waals surface area contributed by atoms with Gasteiger partial charge in [-0.1, -0.05) is 79.1 Å². The molecule has 0 saturated heterocycles. The fourth-order valence-electron chi connectivity index (χ4n) is 3.05. The van der Waals surface area contributed by atoms with Gasteiger partial charge in [0.1, 0.15) is 0 Å². The number of hydrogen-bond acceptors (Lipinski definition) is 2. The molecule has 0 N–H and O–H groups in total. The third-order valence-corrected chi connectivity index (χ3v) is 8.76. The smallest absolute Gasteiger partial charge is 0.161 e. The zero-order valence-electron chi connectivity index (χ0n) is 17.3. The van der Waals surface area contributed by atoms with E-state index in [4.69, 9.17) is 8.85 Å². The van der Waals surface area contributed by atoms with Gasteiger partial charge >= 0.3 is 0 Å². The molecule has 0 radical (unpaired) electrons. The second kappa shape index (κ2) is 19.7. The maximum atomic E-state index is 6.29. The van der Waals surface area contributed by atoms with E-state index in [0.29, 0.717) is 12.2 Å². The summed E-state index contributed by atoms with van der Waals surface area (Å²) in [5, 5.41) is 0. The van der Waals surface area contributed by atoms with Crippen molar-refractivity contribution in [2.24, 2.45) is 0 Å². The molecular formula is C20H46O2Si2. The van der Waals surface area contributed by atoms with Gasteiger partial charge in [0.2, 0.25) is 0 Å². The van der Waals surface area contributed by atoms with Crippen molar-refractivity contribution < 1.29 is 8.85 Å². The van der Waals surface area contributed by atoms with Gasteiger partial charge in [-0.2, -0.15) is 0 Å². The van der Waals surface area contributed by atoms with Crippen LogP contribution in [0.25, 0.3) is 0 Å². The summed E-state index contributed by atoms with van der Waals surface area (Å²) in [5.41, 5.74) is 0. The van der Waals surface area contributed by atoms with E-state index in [-0.39, 0.29) is 19.5 Å². The first-order chi connectivity index (χ1) is 11.8. The van der Waals surface area contributed by atoms with Crippen molar-refractivity contribution in [2.45, 2.75) is 129 Å². The minimum absolute atomic E-state index is 0.314. The minimum Gasteiger partial charge on any atom is -0.421 e. The lowest BCUT2D eigenvalue weighted by Crippen LogP contribution is -2.18. The normalized spacial score (nSPS) is 12.8. The van der Waals surface area contributed by atoms with Crippen LogP contribution in [0.2, 0.25) is 12.1 Å². The second-order valence-electron chi connectivity index (χ2n) is 7.26. The first-order valence-electron chi connectivity index (χ1n) is 11.0. The highest BCUT2D eigenvalue weighted by molar-refractivity contribution is 6.34. The molecule has 0 amide bonds. The van der Waals surface area contributed by atoms with Crippen molar-refractivity contribution in [3.05, 3.63) is 0 Å². The van der Waals surface area contributed by atoms with Gasteiger partial charge in [-0.05, 0) is 37.8 Å². The van der Waals surface area contributed by atoms with Crippen LogP contribution < -0.4 is 0 Å². The first-order valence-corrected chi connectivity index (χ1v) is 14.2. The minimum atomic E-state index is -0.314. The summed E-state index contributed by atoms with van der Waals surface area (Å²) in [7, 11) is -0.628. The largest absolute Gasteiger partial charge is 0.421 e. The van der Waals surface area contributed by atoms with E-state index in [2.05, 4.69) is 27.7 Å². The Morgan fingerprint density at radius 3 is 1.08 bits per heavy atom. The van der Waals surface area contributed by atoms with E-state index >= 15 is 0 Å². The summed E-state index contributed by atoms with van der Waals surface area (Å²) in [4.78, 5) is 0. The van der Waals surface area contributed by atoms with Gasteiger partial charge in [0.25, 0.3) is 0 Å². The molecule has 0 spiro atoms. The lowest BCUT2D eigenvalue weighted by molar-refractivity contribution is 0.179. The lowest BCUT2D eigenvalue weighted by Gasteiger charge is -2.19. The lowest BCUT2D eigenvalue weighted by atomic mass is 10.1. The molecule has 0 atom stereocenters. The van der Waals surface area contributed by atoms with Crippen LogP contribution in [0.4, 0.5) is 0 Å². The standard InChI is InChI=1S/C20H46O2Si2/c1-5-9-13-19(14-10-6-2)21-23-17-18-24-22-20(15-11-7-3)16-12-8-4/h19-20H,5-18,23-24H2,1-4H3. The maximum absolute atomic E-state index is 6.29. The zero-order chi connectivity index (χ0) is 17.9. The molecule has 24 heavy (non-hydrogen) atoms. The van der Waals surface area contributed by atoms with E-state index in [9.17, 15) is 0 Å². The van der Waals surface area contributed by atoms with Crippen molar-refractivity contribution >= 4 is 19.5 Å². The molecule has 0 bridgehead atoms. The Morgan fingerprint density at radius 1 is 0.542 bits per heavy atom. The van der Waals surface area contributed by atoms with E-state index in [1.807, 2.05) is 0 Å². The summed E-state index contributed by atoms with van der Waals surface area (Å²) in [5.74, 6) is 0. The summed E-state index contributed by atoms with van der Waals surface area (Å²) < 4.78 is 12.6. The van der Waals surface area contributed by atoms with Gasteiger partial charge in [0.15, 0.2) is 19.5 Å². The molecule has 146 valence electrons. The fraction of sp³-hybridized carbons (Fsp3) is 1.00. The molecule has 0 fully saturated rings. The Labute approximate surface area is 157 Å². The summed E-state index contributed by atoms with van der Waals surface area (Å²) in [6.07, 6.45) is 16.8. The molecule has 0 aromatic carbocycles. The number of unbranched alkanes of at least 4 members (excludes halogenated alkanes) is 4. The summed E-state index contributed by atoms with van der Waals surface area (Å²) in [6.45, 7) is 9.13. The molecule has 2 nitrogen and oxygen atoms in total. The van der Waals surface area contributed by atoms with Crippen LogP contribution in [0.3, 0.4) is 0 Å². The molecule has 0 aliphatic carbocycles. The Morgan fingerprint density at radius 2 is 0.833 bits per heavy atom. The SMILES string of the molecule is CCCCC(CCCC)O[SiH2]CC[SiH2]OC(CCCC)CCCC. The van der Waals surface area contributed by atoms with Gasteiger partial charge in [-0.25, -0.2) is 0 Å². The van der Waals surface area contributed by atoms with E-state index < -0.39 is 0 Å². The molecular weight excluding hydrogens is 328 g/mol. The van der Waals surface area contributed by atoms with Crippen molar-refractivity contribution in [3.63, 3.8) is 0 Å². The predicted molar refractivity (Wildman–Crippen MR) is 115 cm³/mol. The van der Waals surface area contributed by atoms with Gasteiger partial charge < -0.3 is 8.85 Å². The molecule has 0 aliphatic rings. The average molecular weight is 375 g/mol. The monoisotopic (exact) mass is 374 g/mol. The van der Waals surface area contributed by atoms with Gasteiger partial charge in [-0.3, -0.25) is 0 Å². The van der Waals surface area contributed by atoms with Crippen LogP contribution >= 0.6 is 0 Å². The van der Waals surface area contributed by atoms with E-state index in [1.54, 1.807) is 0 Å². The topological polar surface area (TPSA) is 18.5 Å². The van der Waals surface area contributed by atoms with Crippen molar-refractivity contribution in [2.75, 3.05) is 0 Å². The summed E-state index contributed by atoms with van der Waals surface area (Å²) in [6, 6.07) is 2.69. The fourth-order valence-corrected chi connectivity index (χ4v) is 6.35. The van der Waals surface area contributed by atoms with E-state index in [1.165, 1.54) is 89.1 Å². The third-order valence-electron chi connectivity index (χ3n) is 4.76. The maximum Gasteiger partial charge on any atom is 0.161 e. The van der Waals surface area contributed by atoms with Crippen LogP contribution in [0, 0.1) is 0 Å². The third kappa shape index (κ3) is 15.9. The van der Waals surface area contributed by atoms with E-state index in [0.717, 1.165) is 0 Å². The Balaban J connectivity index is 3.74. The molecule has 0 unspecified atom stereocenters. The van der Waals surface area contributed by atoms with Crippen molar-refractivity contribution in [1.82, 2.24) is 0 Å². The molecule has 0 heterocycles. The van der Waals surface area contributed by atoms with Crippen LogP contribution in [-0.2, 0) is 8.85 Å². The predicted octanol–water partition coefficient (Wildman–Crippen LogP) is 5.52. The molecule has 0 rings (SSSR count). The molecule has 0 saturated carbocycles. The average Bonchev–Trinajstić information content (AvgIpc) is 2.61. The summed E-state index contributed by atoms with van der Waals surface area (Å²) >= 11 is 0. The van der Waals surface area contributed by atoms with Gasteiger partial charge in [-0.15, -0.1) is 0 Å². The Hall–Kier alpha value is 0.354. The number of rotatable bonds is 19. The molecule has 0 aliphatic heterocycles. The van der Waals surface area contributed by atoms with Crippen molar-refractivity contribution in [1.29, 1.82) is 0 Å². The second-order valence-corrected chi connectivity index (χ2v) is 10.2. The highest BCUT2D eigenvalue weighted by Crippen LogP contribution is 2.14. The van der Waals surface area contributed by atoms with Crippen LogP contribution in [0.15, 0.2) is 0 Å². The first kappa shape index (κ1) is 24.4. The highest BCUT2D eigenvalue weighted by atomic mass is 28.2. The quantitative estimate of drug-likeness (QED) is 0.219. The van der Waals surface area contributed by atoms with Crippen LogP contribution in [0.5, 0.6) is 0 Å². The van der Waals surface area contributed by atoms with Crippen molar-refractivity contribution in [3.8, 4) is 0 Å².